The molecule has 4 aromatic carbocycles. The minimum atomic E-state index is -1.12. The lowest BCUT2D eigenvalue weighted by Gasteiger charge is -2.38. The maximum Gasteiger partial charge on any atom is 0.154 e. The molecule has 0 N–H and O–H groups in total. The summed E-state index contributed by atoms with van der Waals surface area (Å²) < 4.78 is 63.4. The molecule has 0 amide bonds. The van der Waals surface area contributed by atoms with Crippen LogP contribution in [0.3, 0.4) is 0 Å². The maximum absolute atomic E-state index is 16.1. The Morgan fingerprint density at radius 2 is 1.41 bits per heavy atom. The number of rotatable bonds is 3. The zero-order valence-corrected chi connectivity index (χ0v) is 16.5. The van der Waals surface area contributed by atoms with Crippen LogP contribution < -0.4 is 4.90 Å². The zero-order chi connectivity index (χ0) is 24.1. The molecule has 0 atom stereocenters. The van der Waals surface area contributed by atoms with Gasteiger partial charge in [0.05, 0.1) is 16.9 Å². The van der Waals surface area contributed by atoms with Crippen LogP contribution in [0.1, 0.15) is 26.3 Å². The van der Waals surface area contributed by atoms with E-state index < -0.39 is 41.3 Å². The first kappa shape index (κ1) is 14.7. The Balaban J connectivity index is 2.02. The highest BCUT2D eigenvalue weighted by molar-refractivity contribution is 5.97. The molecule has 0 radical (unpaired) electrons. The van der Waals surface area contributed by atoms with Crippen LogP contribution in [0, 0.1) is 11.6 Å². The van der Waals surface area contributed by atoms with Gasteiger partial charge < -0.3 is 4.90 Å². The minimum Gasteiger partial charge on any atom is -0.331 e. The Kier molecular flexibility index (Phi) is 3.72. The van der Waals surface area contributed by atoms with Crippen molar-refractivity contribution in [2.24, 2.45) is 0 Å². The molecule has 146 valence electrons. The molecule has 4 aromatic rings. The fraction of sp³-hybridized carbons (Fsp3) is 0.154. The van der Waals surface area contributed by atoms with Crippen molar-refractivity contribution in [2.75, 3.05) is 4.90 Å². The van der Waals surface area contributed by atoms with E-state index in [1.54, 1.807) is 32.9 Å². The van der Waals surface area contributed by atoms with E-state index in [0.717, 1.165) is 10.8 Å². The molecule has 0 aromatic heterocycles. The Labute approximate surface area is 175 Å². The minimum absolute atomic E-state index is 0.0249. The van der Waals surface area contributed by atoms with Crippen LogP contribution in [-0.2, 0) is 0 Å². The van der Waals surface area contributed by atoms with Crippen LogP contribution in [-0.4, -0.2) is 5.54 Å². The largest absolute Gasteiger partial charge is 0.331 e. The van der Waals surface area contributed by atoms with Crippen molar-refractivity contribution in [3.63, 3.8) is 0 Å². The number of anilines is 2. The van der Waals surface area contributed by atoms with E-state index in [1.807, 2.05) is 42.5 Å². The fourth-order valence-corrected chi connectivity index (χ4v) is 3.62. The van der Waals surface area contributed by atoms with Crippen molar-refractivity contribution >= 4 is 22.1 Å². The Morgan fingerprint density at radius 1 is 0.759 bits per heavy atom. The van der Waals surface area contributed by atoms with E-state index in [1.165, 1.54) is 11.0 Å². The first-order chi connectivity index (χ1) is 15.5. The molecule has 0 heterocycles. The highest BCUT2D eigenvalue weighted by Gasteiger charge is 2.29. The van der Waals surface area contributed by atoms with Gasteiger partial charge in [-0.05, 0) is 55.3 Å². The molecule has 0 fully saturated rings. The molecule has 0 aliphatic rings. The summed E-state index contributed by atoms with van der Waals surface area (Å²) in [6.45, 7) is 5.20. The molecule has 0 aliphatic carbocycles. The summed E-state index contributed by atoms with van der Waals surface area (Å²) in [5, 5.41) is 1.82. The van der Waals surface area contributed by atoms with E-state index in [9.17, 15) is 0 Å². The standard InChI is InChI=1S/C26H23F2N/c1-26(2,3)29(23-16-7-6-15-22(23)27)24-17-9-14-21(25(24)28)20-13-8-11-18-10-4-5-12-19(18)20/h4-17H,1-3H3/i6D,7D,15D,16D. The molecule has 0 aliphatic heterocycles. The average Bonchev–Trinajstić information content (AvgIpc) is 2.79. The number of halogens is 2. The lowest BCUT2D eigenvalue weighted by Crippen LogP contribution is -2.38. The topological polar surface area (TPSA) is 3.24 Å². The fourth-order valence-electron chi connectivity index (χ4n) is 3.62. The Bertz CT molecular complexity index is 1340. The van der Waals surface area contributed by atoms with E-state index in [4.69, 9.17) is 5.48 Å². The van der Waals surface area contributed by atoms with Crippen molar-refractivity contribution in [1.82, 2.24) is 0 Å². The van der Waals surface area contributed by atoms with Gasteiger partial charge in [-0.25, -0.2) is 8.78 Å². The van der Waals surface area contributed by atoms with Gasteiger partial charge in [-0.1, -0.05) is 66.7 Å². The van der Waals surface area contributed by atoms with Crippen molar-refractivity contribution < 1.29 is 14.3 Å². The summed E-state index contributed by atoms with van der Waals surface area (Å²) in [6.07, 6.45) is 0. The number of benzene rings is 4. The second kappa shape index (κ2) is 7.32. The molecular weight excluding hydrogens is 364 g/mol. The van der Waals surface area contributed by atoms with Gasteiger partial charge in [0.2, 0.25) is 0 Å². The third-order valence-electron chi connectivity index (χ3n) is 4.82. The Hall–Kier alpha value is -3.20. The number of hydrogen-bond acceptors (Lipinski definition) is 1. The number of hydrogen-bond donors (Lipinski definition) is 0. The van der Waals surface area contributed by atoms with Gasteiger partial charge in [-0.2, -0.15) is 0 Å². The van der Waals surface area contributed by atoms with Gasteiger partial charge in [0.15, 0.2) is 5.82 Å². The summed E-state index contributed by atoms with van der Waals surface area (Å²) >= 11 is 0. The second-order valence-corrected chi connectivity index (χ2v) is 7.83. The quantitative estimate of drug-likeness (QED) is 0.345. The maximum atomic E-state index is 16.1. The zero-order valence-electron chi connectivity index (χ0n) is 20.5. The summed E-state index contributed by atoms with van der Waals surface area (Å²) in [5.74, 6) is -1.72. The number of fused-ring (bicyclic) bond motifs is 1. The SMILES string of the molecule is [2H]c1c([2H])c([2H])c(N(c2cccc(-c3cccc4ccccc34)c2F)C(C)(C)C)c(F)c1[2H]. The van der Waals surface area contributed by atoms with Crippen molar-refractivity contribution in [3.8, 4) is 11.1 Å². The molecule has 1 nitrogen and oxygen atoms in total. The molecule has 0 unspecified atom stereocenters. The monoisotopic (exact) mass is 391 g/mol. The first-order valence-corrected chi connectivity index (χ1v) is 9.36. The van der Waals surface area contributed by atoms with Crippen molar-refractivity contribution in [1.29, 1.82) is 0 Å². The molecule has 4 rings (SSSR count). The molecule has 0 saturated heterocycles. The molecule has 0 bridgehead atoms. The lowest BCUT2D eigenvalue weighted by molar-refractivity contribution is 0.527. The number of nitrogens with zero attached hydrogens (tertiary/aromatic N) is 1. The second-order valence-electron chi connectivity index (χ2n) is 7.83. The smallest absolute Gasteiger partial charge is 0.154 e. The molecular formula is C26H23F2N. The van der Waals surface area contributed by atoms with E-state index in [-0.39, 0.29) is 11.4 Å². The lowest BCUT2D eigenvalue weighted by atomic mass is 9.96. The molecule has 29 heavy (non-hydrogen) atoms. The van der Waals surface area contributed by atoms with Crippen LogP contribution in [0.2, 0.25) is 0 Å². The van der Waals surface area contributed by atoms with Gasteiger partial charge in [0.1, 0.15) is 5.82 Å². The van der Waals surface area contributed by atoms with Crippen LogP contribution in [0.4, 0.5) is 20.2 Å². The molecule has 3 heteroatoms. The van der Waals surface area contributed by atoms with E-state index in [2.05, 4.69) is 0 Å². The van der Waals surface area contributed by atoms with E-state index >= 15 is 8.78 Å². The average molecular weight is 391 g/mol. The third kappa shape index (κ3) is 3.49. The van der Waals surface area contributed by atoms with Crippen molar-refractivity contribution in [3.05, 3.63) is 96.5 Å². The van der Waals surface area contributed by atoms with Gasteiger partial charge in [-0.15, -0.1) is 0 Å². The number of para-hydroxylation sites is 1. The summed E-state index contributed by atoms with van der Waals surface area (Å²) in [7, 11) is 0. The molecule has 0 spiro atoms. The van der Waals surface area contributed by atoms with Crippen LogP contribution in [0.15, 0.2) is 84.8 Å². The summed E-state index contributed by atoms with van der Waals surface area (Å²) in [4.78, 5) is 1.31. The van der Waals surface area contributed by atoms with Crippen LogP contribution >= 0.6 is 0 Å². The van der Waals surface area contributed by atoms with Gasteiger partial charge >= 0.3 is 0 Å². The highest BCUT2D eigenvalue weighted by Crippen LogP contribution is 2.40. The van der Waals surface area contributed by atoms with E-state index in [0.29, 0.717) is 11.1 Å². The van der Waals surface area contributed by atoms with Gasteiger partial charge in [0, 0.05) is 11.1 Å². The first-order valence-electron chi connectivity index (χ1n) is 11.4. The van der Waals surface area contributed by atoms with Crippen molar-refractivity contribution in [2.45, 2.75) is 26.3 Å². The van der Waals surface area contributed by atoms with Crippen LogP contribution in [0.5, 0.6) is 0 Å². The normalized spacial score (nSPS) is 13.6. The third-order valence-corrected chi connectivity index (χ3v) is 4.82. The highest BCUT2D eigenvalue weighted by atomic mass is 19.1. The molecule has 0 saturated carbocycles. The Morgan fingerprint density at radius 3 is 2.21 bits per heavy atom. The predicted molar refractivity (Wildman–Crippen MR) is 118 cm³/mol. The van der Waals surface area contributed by atoms with Gasteiger partial charge in [-0.3, -0.25) is 0 Å². The predicted octanol–water partition coefficient (Wildman–Crippen LogP) is 7.72. The van der Waals surface area contributed by atoms with Crippen LogP contribution in [0.25, 0.3) is 21.9 Å². The summed E-state index contributed by atoms with van der Waals surface area (Å²) in [5.41, 5.74) is -0.270. The summed E-state index contributed by atoms with van der Waals surface area (Å²) in [6, 6.07) is 15.5. The van der Waals surface area contributed by atoms with Gasteiger partial charge in [0.25, 0.3) is 0 Å².